The highest BCUT2D eigenvalue weighted by Gasteiger charge is 2.38. The number of pyridine rings is 1. The number of hydrogen-bond donors (Lipinski definition) is 12. The van der Waals surface area contributed by atoms with Gasteiger partial charge in [-0.2, -0.15) is 0 Å². The number of aromatic nitrogens is 9. The van der Waals surface area contributed by atoms with E-state index in [1.54, 1.807) is 166 Å². The van der Waals surface area contributed by atoms with E-state index in [2.05, 4.69) is 89.1 Å². The number of aryl methyl sites for hydroxylation is 1. The van der Waals surface area contributed by atoms with Gasteiger partial charge in [0.2, 0.25) is 29.5 Å². The molecule has 10 rings (SSSR count). The first-order chi connectivity index (χ1) is 55.3. The maximum atomic E-state index is 12.7. The molecule has 15 atom stereocenters. The highest BCUT2D eigenvalue weighted by Crippen LogP contribution is 2.29. The van der Waals surface area contributed by atoms with Gasteiger partial charge in [0, 0.05) is 87.1 Å². The van der Waals surface area contributed by atoms with Crippen LogP contribution < -0.4 is 26.6 Å². The Morgan fingerprint density at radius 2 is 0.897 bits per heavy atom. The van der Waals surface area contributed by atoms with Gasteiger partial charge >= 0.3 is 0 Å². The fourth-order valence-corrected chi connectivity index (χ4v) is 15.2. The number of carbonyl (C=O) groups is 5. The summed E-state index contributed by atoms with van der Waals surface area (Å²) in [4.78, 5) is 104. The Bertz CT molecular complexity index is 4410. The summed E-state index contributed by atoms with van der Waals surface area (Å²) in [5.41, 5.74) is 9.44. The summed E-state index contributed by atoms with van der Waals surface area (Å²) in [7, 11) is 31.8. The minimum atomic E-state index is -0.838. The van der Waals surface area contributed by atoms with Crippen LogP contribution in [0.3, 0.4) is 0 Å². The summed E-state index contributed by atoms with van der Waals surface area (Å²) in [6, 6.07) is 27.9. The molecule has 0 aliphatic heterocycles. The molecule has 0 saturated carbocycles. The molecular formula is C84H127FN20O11S. The van der Waals surface area contributed by atoms with E-state index in [4.69, 9.17) is 9.40 Å². The van der Waals surface area contributed by atoms with E-state index in [-0.39, 0.29) is 59.1 Å². The number of benzene rings is 4. The number of fused-ring (bicyclic) bond motifs is 5. The Kier molecular flexibility index (Phi) is 37.6. The number of oxazole rings is 1. The molecule has 0 saturated heterocycles. The molecule has 0 unspecified atom stereocenters. The Hall–Kier alpha value is -9.36. The van der Waals surface area contributed by atoms with Crippen molar-refractivity contribution in [1.29, 1.82) is 0 Å². The lowest BCUT2D eigenvalue weighted by Gasteiger charge is -2.31. The molecule has 117 heavy (non-hydrogen) atoms. The van der Waals surface area contributed by atoms with Crippen LogP contribution in [0.5, 0.6) is 0 Å². The Morgan fingerprint density at radius 1 is 0.462 bits per heavy atom. The minimum Gasteiger partial charge on any atom is -0.441 e. The molecule has 6 heterocycles. The normalized spacial score (nSPS) is 15.6. The van der Waals surface area contributed by atoms with E-state index in [1.807, 2.05) is 116 Å². The predicted octanol–water partition coefficient (Wildman–Crippen LogP) is 4.83. The first-order valence-electron chi connectivity index (χ1n) is 39.2. The van der Waals surface area contributed by atoms with E-state index < -0.39 is 67.4 Å². The van der Waals surface area contributed by atoms with Crippen LogP contribution in [0.1, 0.15) is 74.1 Å². The second-order valence-electron chi connectivity index (χ2n) is 31.5. The summed E-state index contributed by atoms with van der Waals surface area (Å²) >= 11 is 1.64. The van der Waals surface area contributed by atoms with Gasteiger partial charge in [0.25, 0.3) is 0 Å². The van der Waals surface area contributed by atoms with Crippen molar-refractivity contribution in [2.75, 3.05) is 120 Å². The molecule has 0 aliphatic rings. The number of amides is 5. The topological polar surface area (TPSA) is 393 Å². The third kappa shape index (κ3) is 26.6. The molecule has 0 bridgehead atoms. The zero-order valence-electron chi connectivity index (χ0n) is 72.2. The highest BCUT2D eigenvalue weighted by molar-refractivity contribution is 7.18. The van der Waals surface area contributed by atoms with Crippen molar-refractivity contribution < 1.29 is 58.3 Å². The van der Waals surface area contributed by atoms with E-state index in [0.717, 1.165) is 72.1 Å². The van der Waals surface area contributed by atoms with Gasteiger partial charge in [0.1, 0.15) is 59.9 Å². The van der Waals surface area contributed by atoms with Crippen molar-refractivity contribution in [3.05, 3.63) is 143 Å². The molecule has 642 valence electrons. The first kappa shape index (κ1) is 96.5. The van der Waals surface area contributed by atoms with Crippen LogP contribution in [0.15, 0.2) is 108 Å². The maximum absolute atomic E-state index is 12.7. The van der Waals surface area contributed by atoms with E-state index in [9.17, 15) is 53.9 Å². The van der Waals surface area contributed by atoms with Crippen LogP contribution in [-0.4, -0.2) is 309 Å². The average molecular weight is 1640 g/mol. The van der Waals surface area contributed by atoms with Gasteiger partial charge in [-0.05, 0) is 186 Å². The molecule has 6 aromatic heterocycles. The number of alkyl halides is 1. The zero-order chi connectivity index (χ0) is 87.0. The Balaban J connectivity index is 0.000000228. The molecule has 4 aromatic carbocycles. The fraction of sp³-hybridized carbons (Fsp3) is 0.536. The second kappa shape index (κ2) is 45.5. The van der Waals surface area contributed by atoms with Crippen molar-refractivity contribution >= 4 is 95.4 Å². The number of para-hydroxylation sites is 3. The summed E-state index contributed by atoms with van der Waals surface area (Å²) < 4.78 is 21.6. The molecular weight excluding hydrogens is 1520 g/mol. The number of aliphatic hydroxyl groups excluding tert-OH is 5. The van der Waals surface area contributed by atoms with Crippen LogP contribution in [0.2, 0.25) is 0 Å². The number of halogens is 1. The van der Waals surface area contributed by atoms with Crippen molar-refractivity contribution in [1.82, 2.24) is 100 Å². The second-order valence-corrected chi connectivity index (χ2v) is 32.6. The van der Waals surface area contributed by atoms with Crippen molar-refractivity contribution in [3.63, 3.8) is 0 Å². The Morgan fingerprint density at radius 3 is 1.35 bits per heavy atom. The monoisotopic (exact) mass is 1640 g/mol. The number of imidazole rings is 3. The van der Waals surface area contributed by atoms with E-state index >= 15 is 0 Å². The quantitative estimate of drug-likeness (QED) is 0.0262. The van der Waals surface area contributed by atoms with Crippen molar-refractivity contribution in [3.8, 4) is 0 Å². The summed E-state index contributed by atoms with van der Waals surface area (Å²) in [5, 5.41) is 66.9. The molecule has 12 N–H and O–H groups in total. The zero-order valence-corrected chi connectivity index (χ0v) is 73.0. The number of aromatic amines is 2. The van der Waals surface area contributed by atoms with Crippen LogP contribution in [0, 0.1) is 29.6 Å². The van der Waals surface area contributed by atoms with Crippen LogP contribution in [-0.2, 0) is 76.3 Å². The molecule has 0 spiro atoms. The lowest BCUT2D eigenvalue weighted by Crippen LogP contribution is -2.52. The summed E-state index contributed by atoms with van der Waals surface area (Å²) in [6.07, 6.45) is 0.456. The van der Waals surface area contributed by atoms with Crippen LogP contribution >= 0.6 is 11.3 Å². The third-order valence-electron chi connectivity index (χ3n) is 20.7. The van der Waals surface area contributed by atoms with Crippen molar-refractivity contribution in [2.45, 2.75) is 141 Å². The number of H-pyrrole nitrogens is 2. The molecule has 0 aliphatic carbocycles. The van der Waals surface area contributed by atoms with E-state index in [1.165, 1.54) is 5.56 Å². The maximum Gasteiger partial charge on any atom is 0.239 e. The molecule has 33 heteroatoms. The number of nitrogens with zero attached hydrogens (tertiary/aromatic N) is 13. The van der Waals surface area contributed by atoms with Gasteiger partial charge < -0.3 is 76.0 Å². The van der Waals surface area contributed by atoms with Crippen LogP contribution in [0.4, 0.5) is 4.39 Å². The minimum absolute atomic E-state index is 0.0646. The number of likely N-dealkylation sites (N-methyl/N-ethyl adjacent to an activating group) is 10. The van der Waals surface area contributed by atoms with Gasteiger partial charge in [0.15, 0.2) is 17.1 Å². The number of nitrogens with one attached hydrogen (secondary N) is 7. The molecule has 0 fully saturated rings. The van der Waals surface area contributed by atoms with Gasteiger partial charge in [-0.3, -0.25) is 48.5 Å². The molecule has 31 nitrogen and oxygen atoms in total. The largest absolute Gasteiger partial charge is 0.441 e. The number of hydrogen-bond acceptors (Lipinski definition) is 24. The average Bonchev–Trinajstić information content (AvgIpc) is 1.64. The van der Waals surface area contributed by atoms with Gasteiger partial charge in [-0.1, -0.05) is 71.0 Å². The molecule has 10 aromatic rings. The van der Waals surface area contributed by atoms with Gasteiger partial charge in [0.05, 0.1) is 73.3 Å². The standard InChI is InChI=1S/C20H33N5O2.C17H25FN4O2.C16H23N3O3.C16H23N3O2S.C15H23N5O2/c1-13(19(26)18(24(5)6)20(27)21-2)10-17-22-15-11-14(12-23(3)4)8-9-16(15)25(17)7;1-10(16(23)15(22(3)4)17(24)19-2)7-14-20-12-6-5-11(9-18)8-13(12)21-14;2*1-10(15(20)14(19(3)4)16(21)17-2)9-13-18-11-7-5-6-8-12(11)22-13;1-9(13(21)12(20(3)4)15(22)16-2)8-11-18-10-6-5-7-17-14(10)19-11/h8-9,11,13,18-19,26H,10,12H2,1-7H3,(H,21,27);5-6,8,10,15-16,23H,7,9H2,1-4H3,(H,19,24)(H,20,21);2*5-8,10,14-15,20H,9H2,1-4H3,(H,17,21);5-7,9,12-13,21H,8H2,1-4H3,(H,16,22)(H,17,18,19)/t13-,18-,19-;10-,15-,16-;2*10-,14-,15-;9-,12-,13-/m11111/s1. The first-order valence-corrected chi connectivity index (χ1v) is 40.1. The summed E-state index contributed by atoms with van der Waals surface area (Å²) in [5.74, 6) is 1.29. The molecule has 5 amide bonds. The predicted molar refractivity (Wildman–Crippen MR) is 459 cm³/mol. The van der Waals surface area contributed by atoms with Crippen molar-refractivity contribution in [2.24, 2.45) is 36.6 Å². The Labute approximate surface area is 690 Å². The number of rotatable bonds is 33. The molecule has 0 radical (unpaired) electrons. The fourth-order valence-electron chi connectivity index (χ4n) is 14.1. The lowest BCUT2D eigenvalue weighted by molar-refractivity contribution is -0.131. The number of carbonyl (C=O) groups excluding carboxylic acids is 5. The third-order valence-corrected chi connectivity index (χ3v) is 21.7. The number of thiazole rings is 1. The summed E-state index contributed by atoms with van der Waals surface area (Å²) in [6.45, 7) is 9.94. The van der Waals surface area contributed by atoms with Gasteiger partial charge in [-0.25, -0.2) is 34.3 Å². The lowest BCUT2D eigenvalue weighted by atomic mass is 9.93. The highest BCUT2D eigenvalue weighted by atomic mass is 32.1. The van der Waals surface area contributed by atoms with E-state index in [0.29, 0.717) is 55.0 Å². The SMILES string of the molecule is CNC(=O)[C@@H]([C@H](O)[C@H](C)Cc1nc2cc(CN(C)C)ccc2n1C)N(C)C.CNC(=O)[C@@H]([C@H](O)[C@H](C)Cc1nc2ccc(CF)cc2[nH]1)N(C)C.CNC(=O)[C@@H]([C@H](O)[C@H](C)Cc1nc2ccccc2o1)N(C)C.CNC(=O)[C@@H]([C@H](O)[C@H](C)Cc1nc2ccccc2s1)N(C)C.CNC(=O)[C@@H]([C@H](O)[C@H](C)Cc1nc2ncccc2[nH]1)N(C)C. The van der Waals surface area contributed by atoms with Crippen LogP contribution in [0.25, 0.3) is 54.5 Å². The number of aliphatic hydroxyl groups is 5. The smallest absolute Gasteiger partial charge is 0.239 e. The van der Waals surface area contributed by atoms with Gasteiger partial charge in [-0.15, -0.1) is 11.3 Å².